The topological polar surface area (TPSA) is 86.9 Å². The maximum Gasteiger partial charge on any atom is 0.327 e. The summed E-state index contributed by atoms with van der Waals surface area (Å²) in [7, 11) is 0. The van der Waals surface area contributed by atoms with Crippen molar-refractivity contribution in [3.05, 3.63) is 30.9 Å². The van der Waals surface area contributed by atoms with Crippen LogP contribution < -0.4 is 5.32 Å². The van der Waals surface area contributed by atoms with E-state index >= 15 is 0 Å². The fourth-order valence-corrected chi connectivity index (χ4v) is 3.93. The molecule has 0 amide bonds. The number of nitrogens with zero attached hydrogens (tertiary/aromatic N) is 5. The molecule has 0 saturated heterocycles. The third-order valence-electron chi connectivity index (χ3n) is 6.29. The lowest BCUT2D eigenvalue weighted by molar-refractivity contribution is -0.146. The smallest absolute Gasteiger partial charge is 0.327 e. The second-order valence-corrected chi connectivity index (χ2v) is 8.88. The van der Waals surface area contributed by atoms with Crippen LogP contribution in [0.5, 0.6) is 0 Å². The van der Waals surface area contributed by atoms with Gasteiger partial charge in [-0.3, -0.25) is 9.48 Å². The Bertz CT molecular complexity index is 1020. The van der Waals surface area contributed by atoms with Gasteiger partial charge in [0.05, 0.1) is 18.5 Å². The maximum absolute atomic E-state index is 12.0. The highest BCUT2D eigenvalue weighted by molar-refractivity contribution is 5.76. The number of ether oxygens (including phenoxy) is 1. The molecule has 0 bridgehead atoms. The number of esters is 1. The average molecular weight is 425 g/mol. The van der Waals surface area contributed by atoms with Crippen LogP contribution in [-0.4, -0.2) is 36.9 Å². The molecule has 1 N–H and O–H groups in total. The molecular weight excluding hydrogens is 392 g/mol. The molecule has 8 nitrogen and oxygen atoms in total. The second kappa shape index (κ2) is 9.49. The first-order chi connectivity index (χ1) is 15.0. The van der Waals surface area contributed by atoms with Gasteiger partial charge in [0, 0.05) is 30.5 Å². The molecule has 3 aromatic rings. The van der Waals surface area contributed by atoms with Gasteiger partial charge in [0.2, 0.25) is 5.95 Å². The summed E-state index contributed by atoms with van der Waals surface area (Å²) in [6.45, 7) is 8.33. The summed E-state index contributed by atoms with van der Waals surface area (Å²) in [4.78, 5) is 21.2. The van der Waals surface area contributed by atoms with Crippen LogP contribution in [0.2, 0.25) is 0 Å². The zero-order chi connectivity index (χ0) is 21.8. The summed E-state index contributed by atoms with van der Waals surface area (Å²) < 4.78 is 9.12. The van der Waals surface area contributed by atoms with E-state index in [1.165, 1.54) is 6.42 Å². The molecule has 3 aromatic heterocycles. The van der Waals surface area contributed by atoms with E-state index in [1.807, 2.05) is 6.20 Å². The van der Waals surface area contributed by atoms with Crippen molar-refractivity contribution in [2.24, 2.45) is 17.8 Å². The predicted molar refractivity (Wildman–Crippen MR) is 120 cm³/mol. The first kappa shape index (κ1) is 21.3. The minimum atomic E-state index is -0.257. The van der Waals surface area contributed by atoms with Crippen molar-refractivity contribution in [1.29, 1.82) is 0 Å². The highest BCUT2D eigenvalue weighted by Crippen LogP contribution is 2.26. The Morgan fingerprint density at radius 2 is 2.16 bits per heavy atom. The second-order valence-electron chi connectivity index (χ2n) is 8.88. The van der Waals surface area contributed by atoms with E-state index in [9.17, 15) is 4.79 Å². The molecule has 1 atom stereocenters. The number of rotatable bonds is 10. The minimum absolute atomic E-state index is 0.102. The monoisotopic (exact) mass is 424 g/mol. The lowest BCUT2D eigenvalue weighted by Crippen LogP contribution is -2.22. The number of hydrogen-bond donors (Lipinski definition) is 1. The van der Waals surface area contributed by atoms with Crippen molar-refractivity contribution in [2.45, 2.75) is 59.5 Å². The van der Waals surface area contributed by atoms with Crippen LogP contribution in [0.1, 0.15) is 46.5 Å². The van der Waals surface area contributed by atoms with E-state index in [-0.39, 0.29) is 12.5 Å². The largest absolute Gasteiger partial charge is 0.464 e. The Morgan fingerprint density at radius 1 is 1.32 bits per heavy atom. The zero-order valence-corrected chi connectivity index (χ0v) is 18.6. The summed E-state index contributed by atoms with van der Waals surface area (Å²) in [6.07, 6.45) is 12.0. The van der Waals surface area contributed by atoms with Crippen molar-refractivity contribution in [3.8, 4) is 0 Å². The van der Waals surface area contributed by atoms with Gasteiger partial charge in [0.1, 0.15) is 12.2 Å². The standard InChI is InChI=1S/C23H32N6O2/c1-4-18(16(2)3)12-28-9-8-19-10-24-23(27-22(19)28)26-20-11-25-29(13-20)14-21(30)31-15-17-6-5-7-17/h8-11,13,16-18H,4-7,12,14-15H2,1-3H3,(H,24,26,27)/t18-/m1/s1. The van der Waals surface area contributed by atoms with E-state index in [4.69, 9.17) is 9.72 Å². The van der Waals surface area contributed by atoms with Gasteiger partial charge >= 0.3 is 5.97 Å². The van der Waals surface area contributed by atoms with Gasteiger partial charge in [-0.05, 0) is 36.7 Å². The van der Waals surface area contributed by atoms with E-state index in [1.54, 1.807) is 17.1 Å². The van der Waals surface area contributed by atoms with Crippen molar-refractivity contribution < 1.29 is 9.53 Å². The van der Waals surface area contributed by atoms with Gasteiger partial charge in [-0.2, -0.15) is 10.1 Å². The van der Waals surface area contributed by atoms with Crippen LogP contribution in [0, 0.1) is 17.8 Å². The molecule has 1 aliphatic carbocycles. The van der Waals surface area contributed by atoms with Crippen LogP contribution in [0.25, 0.3) is 11.0 Å². The highest BCUT2D eigenvalue weighted by Gasteiger charge is 2.19. The fraction of sp³-hybridized carbons (Fsp3) is 0.565. The van der Waals surface area contributed by atoms with E-state index in [0.29, 0.717) is 30.3 Å². The highest BCUT2D eigenvalue weighted by atomic mass is 16.5. The molecule has 0 unspecified atom stereocenters. The molecule has 1 saturated carbocycles. The lowest BCUT2D eigenvalue weighted by Gasteiger charge is -2.24. The van der Waals surface area contributed by atoms with Crippen molar-refractivity contribution in [1.82, 2.24) is 24.3 Å². The number of hydrogen-bond acceptors (Lipinski definition) is 6. The lowest BCUT2D eigenvalue weighted by atomic mass is 9.86. The van der Waals surface area contributed by atoms with Crippen LogP contribution in [-0.2, 0) is 22.6 Å². The molecule has 166 valence electrons. The molecule has 1 aliphatic rings. The fourth-order valence-electron chi connectivity index (χ4n) is 3.93. The van der Waals surface area contributed by atoms with Gasteiger partial charge in [-0.25, -0.2) is 4.98 Å². The Balaban J connectivity index is 1.39. The van der Waals surface area contributed by atoms with Gasteiger partial charge in [0.25, 0.3) is 0 Å². The first-order valence-corrected chi connectivity index (χ1v) is 11.3. The molecule has 4 rings (SSSR count). The van der Waals surface area contributed by atoms with Crippen LogP contribution >= 0.6 is 0 Å². The maximum atomic E-state index is 12.0. The SMILES string of the molecule is CC[C@H](Cn1ccc2cnc(Nc3cnn(CC(=O)OCC4CCC4)c3)nc21)C(C)C. The minimum Gasteiger partial charge on any atom is -0.464 e. The van der Waals surface area contributed by atoms with Crippen LogP contribution in [0.15, 0.2) is 30.9 Å². The van der Waals surface area contributed by atoms with Crippen LogP contribution in [0.4, 0.5) is 11.6 Å². The molecular formula is C23H32N6O2. The quantitative estimate of drug-likeness (QED) is 0.486. The third-order valence-corrected chi connectivity index (χ3v) is 6.29. The molecule has 0 aliphatic heterocycles. The molecule has 3 heterocycles. The number of anilines is 2. The van der Waals surface area contributed by atoms with Gasteiger partial charge in [0.15, 0.2) is 0 Å². The summed E-state index contributed by atoms with van der Waals surface area (Å²) in [5.74, 6) is 2.01. The number of fused-ring (bicyclic) bond motifs is 1. The van der Waals surface area contributed by atoms with E-state index in [0.717, 1.165) is 42.5 Å². The molecule has 0 spiro atoms. The van der Waals surface area contributed by atoms with E-state index < -0.39 is 0 Å². The molecule has 1 fully saturated rings. The van der Waals surface area contributed by atoms with Gasteiger partial charge in [-0.15, -0.1) is 0 Å². The Kier molecular flexibility index (Phi) is 6.53. The van der Waals surface area contributed by atoms with Gasteiger partial charge in [-0.1, -0.05) is 33.6 Å². The summed E-state index contributed by atoms with van der Waals surface area (Å²) in [5.41, 5.74) is 1.65. The Morgan fingerprint density at radius 3 is 2.87 bits per heavy atom. The summed E-state index contributed by atoms with van der Waals surface area (Å²) >= 11 is 0. The number of carbonyl (C=O) groups is 1. The van der Waals surface area contributed by atoms with Crippen molar-refractivity contribution >= 4 is 28.6 Å². The van der Waals surface area contributed by atoms with E-state index in [2.05, 4.69) is 53.0 Å². The molecule has 0 radical (unpaired) electrons. The Labute approximate surface area is 183 Å². The number of nitrogens with one attached hydrogen (secondary N) is 1. The first-order valence-electron chi connectivity index (χ1n) is 11.3. The van der Waals surface area contributed by atoms with Crippen LogP contribution in [0.3, 0.4) is 0 Å². The zero-order valence-electron chi connectivity index (χ0n) is 18.6. The average Bonchev–Trinajstić information content (AvgIpc) is 3.31. The summed E-state index contributed by atoms with van der Waals surface area (Å²) in [5, 5.41) is 8.46. The predicted octanol–water partition coefficient (Wildman–Crippen LogP) is 4.40. The molecule has 8 heteroatoms. The van der Waals surface area contributed by atoms with Crippen molar-refractivity contribution in [3.63, 3.8) is 0 Å². The number of carbonyl (C=O) groups excluding carboxylic acids is 1. The molecule has 31 heavy (non-hydrogen) atoms. The Hall–Kier alpha value is -2.90. The third kappa shape index (κ3) is 5.24. The number of aromatic nitrogens is 5. The summed E-state index contributed by atoms with van der Waals surface area (Å²) in [6, 6.07) is 2.05. The van der Waals surface area contributed by atoms with Gasteiger partial charge < -0.3 is 14.6 Å². The normalized spacial score (nSPS) is 15.2. The molecule has 0 aromatic carbocycles. The van der Waals surface area contributed by atoms with Crippen molar-refractivity contribution in [2.75, 3.05) is 11.9 Å².